The minimum atomic E-state index is -3.46. The molecule has 0 amide bonds. The lowest BCUT2D eigenvalue weighted by atomic mass is 10.2. The molecule has 1 aliphatic rings. The van der Waals surface area contributed by atoms with Gasteiger partial charge in [0.15, 0.2) is 0 Å². The lowest BCUT2D eigenvalue weighted by Gasteiger charge is -2.18. The summed E-state index contributed by atoms with van der Waals surface area (Å²) < 4.78 is 28.1. The second-order valence-electron chi connectivity index (χ2n) is 5.32. The second-order valence-corrected chi connectivity index (χ2v) is 7.59. The Morgan fingerprint density at radius 2 is 2.05 bits per heavy atom. The van der Waals surface area contributed by atoms with Gasteiger partial charge < -0.3 is 5.32 Å². The lowest BCUT2D eigenvalue weighted by Crippen LogP contribution is -2.39. The van der Waals surface area contributed by atoms with Crippen molar-refractivity contribution in [1.82, 2.24) is 14.3 Å². The molecule has 1 aromatic rings. The number of benzene rings is 1. The fourth-order valence-corrected chi connectivity index (χ4v) is 3.07. The van der Waals surface area contributed by atoms with Crippen LogP contribution in [-0.2, 0) is 16.8 Å². The number of nitrogens with one attached hydrogen (secondary N) is 2. The molecule has 0 aromatic heterocycles. The van der Waals surface area contributed by atoms with Crippen LogP contribution in [0.25, 0.3) is 0 Å². The van der Waals surface area contributed by atoms with Gasteiger partial charge >= 0.3 is 0 Å². The highest BCUT2D eigenvalue weighted by Gasteiger charge is 2.20. The van der Waals surface area contributed by atoms with E-state index in [-0.39, 0.29) is 6.54 Å². The standard InChI is InChI=1S/C14H22ClN3O2S/c1-18(10-4-9-16-13-7-8-13)21(19,20)17-11-12-5-2-3-6-14(12)15/h2-3,5-6,13,16-17H,4,7-11H2,1H3. The lowest BCUT2D eigenvalue weighted by molar-refractivity contribution is 0.444. The molecule has 0 bridgehead atoms. The first-order valence-electron chi connectivity index (χ1n) is 7.17. The van der Waals surface area contributed by atoms with Crippen LogP contribution in [0.5, 0.6) is 0 Å². The van der Waals surface area contributed by atoms with Gasteiger partial charge in [-0.05, 0) is 37.4 Å². The van der Waals surface area contributed by atoms with Gasteiger partial charge in [-0.25, -0.2) is 0 Å². The largest absolute Gasteiger partial charge is 0.314 e. The monoisotopic (exact) mass is 331 g/mol. The molecule has 1 aliphatic carbocycles. The van der Waals surface area contributed by atoms with Crippen molar-refractivity contribution in [3.63, 3.8) is 0 Å². The molecule has 0 atom stereocenters. The molecule has 2 rings (SSSR count). The van der Waals surface area contributed by atoms with E-state index in [2.05, 4.69) is 10.0 Å². The van der Waals surface area contributed by atoms with Crippen LogP contribution in [0.4, 0.5) is 0 Å². The highest BCUT2D eigenvalue weighted by atomic mass is 35.5. The number of hydrogen-bond acceptors (Lipinski definition) is 3. The zero-order chi connectivity index (χ0) is 15.3. The zero-order valence-corrected chi connectivity index (χ0v) is 13.8. The van der Waals surface area contributed by atoms with Gasteiger partial charge in [0.05, 0.1) is 0 Å². The van der Waals surface area contributed by atoms with Gasteiger partial charge in [-0.3, -0.25) is 0 Å². The van der Waals surface area contributed by atoms with Crippen molar-refractivity contribution in [3.8, 4) is 0 Å². The summed E-state index contributed by atoms with van der Waals surface area (Å²) in [6.45, 7) is 1.55. The van der Waals surface area contributed by atoms with E-state index in [4.69, 9.17) is 11.6 Å². The average molecular weight is 332 g/mol. The summed E-state index contributed by atoms with van der Waals surface area (Å²) in [5, 5.41) is 3.94. The molecule has 0 radical (unpaired) electrons. The Morgan fingerprint density at radius 3 is 2.71 bits per heavy atom. The van der Waals surface area contributed by atoms with E-state index in [0.717, 1.165) is 18.5 Å². The van der Waals surface area contributed by atoms with E-state index < -0.39 is 10.2 Å². The summed E-state index contributed by atoms with van der Waals surface area (Å²) in [5.74, 6) is 0. The minimum absolute atomic E-state index is 0.201. The Morgan fingerprint density at radius 1 is 1.33 bits per heavy atom. The highest BCUT2D eigenvalue weighted by molar-refractivity contribution is 7.87. The van der Waals surface area contributed by atoms with Gasteiger partial charge in [0.2, 0.25) is 0 Å². The first kappa shape index (κ1) is 16.7. The maximum atomic E-state index is 12.1. The molecule has 0 saturated heterocycles. The molecular formula is C14H22ClN3O2S. The fourth-order valence-electron chi connectivity index (χ4n) is 1.94. The topological polar surface area (TPSA) is 61.4 Å². The third-order valence-corrected chi connectivity index (χ3v) is 5.35. The molecule has 0 spiro atoms. The summed E-state index contributed by atoms with van der Waals surface area (Å²) in [7, 11) is -1.87. The third kappa shape index (κ3) is 5.56. The normalized spacial score (nSPS) is 15.6. The van der Waals surface area contributed by atoms with E-state index in [1.807, 2.05) is 18.2 Å². The molecule has 118 valence electrons. The molecule has 21 heavy (non-hydrogen) atoms. The van der Waals surface area contributed by atoms with Crippen molar-refractivity contribution >= 4 is 21.8 Å². The Balaban J connectivity index is 1.75. The van der Waals surface area contributed by atoms with E-state index in [9.17, 15) is 8.42 Å². The molecule has 7 heteroatoms. The van der Waals surface area contributed by atoms with Crippen LogP contribution in [-0.4, -0.2) is 38.9 Å². The van der Waals surface area contributed by atoms with Gasteiger partial charge in [-0.15, -0.1) is 0 Å². The Kier molecular flexibility index (Phi) is 6.01. The summed E-state index contributed by atoms with van der Waals surface area (Å²) >= 11 is 6.01. The molecule has 0 heterocycles. The summed E-state index contributed by atoms with van der Waals surface area (Å²) in [5.41, 5.74) is 0.770. The summed E-state index contributed by atoms with van der Waals surface area (Å²) in [6.07, 6.45) is 3.29. The Hall–Kier alpha value is -0.660. The van der Waals surface area contributed by atoms with Crippen LogP contribution in [0.1, 0.15) is 24.8 Å². The van der Waals surface area contributed by atoms with Crippen molar-refractivity contribution in [2.75, 3.05) is 20.1 Å². The molecule has 0 unspecified atom stereocenters. The Labute approximate surface area is 131 Å². The molecule has 5 nitrogen and oxygen atoms in total. The van der Waals surface area contributed by atoms with E-state index in [0.29, 0.717) is 17.6 Å². The van der Waals surface area contributed by atoms with Crippen LogP contribution < -0.4 is 10.0 Å². The molecular weight excluding hydrogens is 310 g/mol. The van der Waals surface area contributed by atoms with Crippen molar-refractivity contribution in [3.05, 3.63) is 34.9 Å². The van der Waals surface area contributed by atoms with E-state index >= 15 is 0 Å². The third-order valence-electron chi connectivity index (χ3n) is 3.47. The first-order valence-corrected chi connectivity index (χ1v) is 8.98. The van der Waals surface area contributed by atoms with Crippen molar-refractivity contribution in [2.24, 2.45) is 0 Å². The predicted molar refractivity (Wildman–Crippen MR) is 85.5 cm³/mol. The van der Waals surface area contributed by atoms with Gasteiger partial charge in [-0.1, -0.05) is 29.8 Å². The average Bonchev–Trinajstić information content (AvgIpc) is 3.26. The van der Waals surface area contributed by atoms with Gasteiger partial charge in [0, 0.05) is 31.2 Å². The SMILES string of the molecule is CN(CCCNC1CC1)S(=O)(=O)NCc1ccccc1Cl. The van der Waals surface area contributed by atoms with Crippen LogP contribution in [0.2, 0.25) is 5.02 Å². The number of hydrogen-bond donors (Lipinski definition) is 2. The quantitative estimate of drug-likeness (QED) is 0.678. The van der Waals surface area contributed by atoms with Crippen molar-refractivity contribution in [2.45, 2.75) is 31.8 Å². The molecule has 0 aliphatic heterocycles. The molecule has 1 fully saturated rings. The number of rotatable bonds is 9. The fraction of sp³-hybridized carbons (Fsp3) is 0.571. The molecule has 1 aromatic carbocycles. The zero-order valence-electron chi connectivity index (χ0n) is 12.2. The van der Waals surface area contributed by atoms with Crippen molar-refractivity contribution < 1.29 is 8.42 Å². The second kappa shape index (κ2) is 7.56. The van der Waals surface area contributed by atoms with Crippen LogP contribution in [0, 0.1) is 0 Å². The summed E-state index contributed by atoms with van der Waals surface area (Å²) in [6, 6.07) is 7.87. The minimum Gasteiger partial charge on any atom is -0.314 e. The van der Waals surface area contributed by atoms with E-state index in [1.54, 1.807) is 13.1 Å². The summed E-state index contributed by atoms with van der Waals surface area (Å²) in [4.78, 5) is 0. The highest BCUT2D eigenvalue weighted by Crippen LogP contribution is 2.18. The molecule has 2 N–H and O–H groups in total. The molecule has 1 saturated carbocycles. The smallest absolute Gasteiger partial charge is 0.279 e. The van der Waals surface area contributed by atoms with Crippen LogP contribution in [0.15, 0.2) is 24.3 Å². The maximum absolute atomic E-state index is 12.1. The van der Waals surface area contributed by atoms with E-state index in [1.165, 1.54) is 17.1 Å². The number of nitrogens with zero attached hydrogens (tertiary/aromatic N) is 1. The predicted octanol–water partition coefficient (Wildman–Crippen LogP) is 1.75. The van der Waals surface area contributed by atoms with Gasteiger partial charge in [0.1, 0.15) is 0 Å². The van der Waals surface area contributed by atoms with Crippen LogP contribution in [0.3, 0.4) is 0 Å². The van der Waals surface area contributed by atoms with Gasteiger partial charge in [0.25, 0.3) is 10.2 Å². The van der Waals surface area contributed by atoms with Crippen molar-refractivity contribution in [1.29, 1.82) is 0 Å². The Bertz CT molecular complexity index is 561. The number of halogens is 1. The maximum Gasteiger partial charge on any atom is 0.279 e. The van der Waals surface area contributed by atoms with Crippen LogP contribution >= 0.6 is 11.6 Å². The first-order chi connectivity index (χ1) is 9.99. The van der Waals surface area contributed by atoms with Gasteiger partial charge in [-0.2, -0.15) is 17.4 Å².